The summed E-state index contributed by atoms with van der Waals surface area (Å²) in [6.07, 6.45) is 7.51. The first-order valence-electron chi connectivity index (χ1n) is 10.2. The average Bonchev–Trinajstić information content (AvgIpc) is 3.34. The molecule has 166 valence electrons. The minimum Gasteiger partial charge on any atom is -0.477 e. The van der Waals surface area contributed by atoms with Gasteiger partial charge in [0, 0.05) is 17.1 Å². The predicted octanol–water partition coefficient (Wildman–Crippen LogP) is 3.15. The van der Waals surface area contributed by atoms with E-state index in [9.17, 15) is 14.7 Å². The molecule has 1 aromatic carbocycles. The van der Waals surface area contributed by atoms with Crippen molar-refractivity contribution in [1.82, 2.24) is 24.9 Å². The number of carbonyl (C=O) groups is 2. The maximum Gasteiger partial charge on any atom is 0.342 e. The maximum absolute atomic E-state index is 13.5. The maximum atomic E-state index is 13.5. The van der Waals surface area contributed by atoms with Crippen molar-refractivity contribution in [3.05, 3.63) is 60.0 Å². The van der Waals surface area contributed by atoms with Gasteiger partial charge in [0.15, 0.2) is 0 Å². The number of carboxylic acid groups (broad SMARTS) is 1. The van der Waals surface area contributed by atoms with Gasteiger partial charge in [-0.25, -0.2) is 9.78 Å². The van der Waals surface area contributed by atoms with Crippen LogP contribution in [0.1, 0.15) is 40.5 Å². The second-order valence-electron chi connectivity index (χ2n) is 7.46. The number of thioether (sulfide) groups is 1. The molecule has 0 aliphatic carbocycles. The van der Waals surface area contributed by atoms with Gasteiger partial charge in [-0.1, -0.05) is 12.1 Å². The van der Waals surface area contributed by atoms with Crippen LogP contribution in [-0.2, 0) is 0 Å². The zero-order chi connectivity index (χ0) is 22.7. The zero-order valence-corrected chi connectivity index (χ0v) is 18.5. The molecular formula is C22H23N5O4S. The van der Waals surface area contributed by atoms with E-state index in [1.807, 2.05) is 13.0 Å². The Morgan fingerprint density at radius 3 is 2.59 bits per heavy atom. The molecule has 0 spiro atoms. The van der Waals surface area contributed by atoms with Crippen molar-refractivity contribution in [2.45, 2.75) is 36.8 Å². The molecule has 1 aliphatic heterocycles. The number of aromatic carboxylic acids is 1. The Morgan fingerprint density at radius 1 is 1.12 bits per heavy atom. The van der Waals surface area contributed by atoms with Gasteiger partial charge in [0.1, 0.15) is 11.7 Å². The van der Waals surface area contributed by atoms with Gasteiger partial charge in [-0.05, 0) is 44.2 Å². The third-order valence-electron chi connectivity index (χ3n) is 5.46. The van der Waals surface area contributed by atoms with E-state index in [0.717, 1.165) is 6.42 Å². The van der Waals surface area contributed by atoms with Crippen LogP contribution in [0.2, 0.25) is 0 Å². The van der Waals surface area contributed by atoms with E-state index >= 15 is 0 Å². The lowest BCUT2D eigenvalue weighted by molar-refractivity contribution is 0.0361. The normalized spacial score (nSPS) is 18.4. The van der Waals surface area contributed by atoms with Gasteiger partial charge in [0.05, 0.1) is 30.2 Å². The van der Waals surface area contributed by atoms with E-state index in [2.05, 4.69) is 15.2 Å². The lowest BCUT2D eigenvalue weighted by Crippen LogP contribution is -2.49. The fraction of sp³-hybridized carbons (Fsp3) is 0.318. The molecule has 1 saturated heterocycles. The number of hydrogen-bond acceptors (Lipinski definition) is 7. The Balaban J connectivity index is 1.58. The lowest BCUT2D eigenvalue weighted by atomic mass is 9.99. The van der Waals surface area contributed by atoms with Crippen LogP contribution in [0, 0.1) is 0 Å². The molecule has 3 heterocycles. The summed E-state index contributed by atoms with van der Waals surface area (Å²) in [6, 6.07) is 8.85. The van der Waals surface area contributed by atoms with E-state index in [0.29, 0.717) is 29.1 Å². The summed E-state index contributed by atoms with van der Waals surface area (Å²) in [6.45, 7) is 2.32. The van der Waals surface area contributed by atoms with Gasteiger partial charge in [0.25, 0.3) is 5.91 Å². The summed E-state index contributed by atoms with van der Waals surface area (Å²) in [4.78, 5) is 33.2. The van der Waals surface area contributed by atoms with E-state index in [4.69, 9.17) is 4.74 Å². The Morgan fingerprint density at radius 2 is 1.88 bits per heavy atom. The van der Waals surface area contributed by atoms with Crippen LogP contribution in [0.5, 0.6) is 5.88 Å². The molecule has 1 fully saturated rings. The van der Waals surface area contributed by atoms with Crippen molar-refractivity contribution in [3.8, 4) is 11.6 Å². The Bertz CT molecular complexity index is 1120. The van der Waals surface area contributed by atoms with Gasteiger partial charge >= 0.3 is 5.97 Å². The SMILES string of the molecule is CSc1ccnc(O[C@@H]2CC[C@@H](C)N(C(=O)c3ccccc3-n3nccn3)C2)c1C(=O)O. The fourth-order valence-corrected chi connectivity index (χ4v) is 4.39. The second kappa shape index (κ2) is 9.39. The molecule has 4 rings (SSSR count). The molecule has 2 atom stereocenters. The van der Waals surface area contributed by atoms with Gasteiger partial charge in [0.2, 0.25) is 5.88 Å². The lowest BCUT2D eigenvalue weighted by Gasteiger charge is -2.38. The van der Waals surface area contributed by atoms with Crippen molar-refractivity contribution in [3.63, 3.8) is 0 Å². The van der Waals surface area contributed by atoms with Crippen LogP contribution in [0.3, 0.4) is 0 Å². The van der Waals surface area contributed by atoms with Gasteiger partial charge in [-0.15, -0.1) is 11.8 Å². The zero-order valence-electron chi connectivity index (χ0n) is 17.7. The van der Waals surface area contributed by atoms with Crippen LogP contribution >= 0.6 is 11.8 Å². The molecule has 10 heteroatoms. The summed E-state index contributed by atoms with van der Waals surface area (Å²) in [5.74, 6) is -1.16. The minimum atomic E-state index is -1.09. The van der Waals surface area contributed by atoms with Crippen molar-refractivity contribution in [2.24, 2.45) is 0 Å². The highest BCUT2D eigenvalue weighted by molar-refractivity contribution is 7.98. The average molecular weight is 454 g/mol. The van der Waals surface area contributed by atoms with Gasteiger partial charge in [-0.2, -0.15) is 15.0 Å². The molecule has 9 nitrogen and oxygen atoms in total. The standard InChI is InChI=1S/C22H23N5O4S/c1-14-7-8-15(31-20-19(22(29)30)18(32-2)9-10-23-20)13-26(14)21(28)16-5-3-4-6-17(16)27-24-11-12-25-27/h3-6,9-12,14-15H,7-8,13H2,1-2H3,(H,29,30)/t14-,15-/m1/s1. The number of rotatable bonds is 6. The molecule has 3 aromatic rings. The summed E-state index contributed by atoms with van der Waals surface area (Å²) in [7, 11) is 0. The number of ether oxygens (including phenoxy) is 1. The summed E-state index contributed by atoms with van der Waals surface area (Å²) >= 11 is 1.32. The first kappa shape index (κ1) is 21.8. The number of amides is 1. The summed E-state index contributed by atoms with van der Waals surface area (Å²) in [5, 5.41) is 17.9. The molecule has 0 radical (unpaired) electrons. The number of benzene rings is 1. The molecule has 0 unspecified atom stereocenters. The Hall–Kier alpha value is -3.40. The summed E-state index contributed by atoms with van der Waals surface area (Å²) in [5.41, 5.74) is 1.14. The van der Waals surface area contributed by atoms with Crippen molar-refractivity contribution in [1.29, 1.82) is 0 Å². The van der Waals surface area contributed by atoms with E-state index < -0.39 is 5.97 Å². The first-order chi connectivity index (χ1) is 15.5. The number of aromatic nitrogens is 4. The number of hydrogen-bond donors (Lipinski definition) is 1. The molecule has 0 bridgehead atoms. The molecule has 1 N–H and O–H groups in total. The Labute approximate surface area is 189 Å². The van der Waals surface area contributed by atoms with Crippen molar-refractivity contribution in [2.75, 3.05) is 12.8 Å². The van der Waals surface area contributed by atoms with E-state index in [1.165, 1.54) is 22.8 Å². The van der Waals surface area contributed by atoms with Crippen LogP contribution < -0.4 is 4.74 Å². The number of piperidine rings is 1. The number of pyridine rings is 1. The molecule has 1 amide bonds. The number of carbonyl (C=O) groups excluding carboxylic acids is 1. The predicted molar refractivity (Wildman–Crippen MR) is 118 cm³/mol. The molecule has 0 saturated carbocycles. The quantitative estimate of drug-likeness (QED) is 0.567. The highest BCUT2D eigenvalue weighted by atomic mass is 32.2. The monoisotopic (exact) mass is 453 g/mol. The van der Waals surface area contributed by atoms with Gasteiger partial charge < -0.3 is 14.7 Å². The van der Waals surface area contributed by atoms with Gasteiger partial charge in [-0.3, -0.25) is 4.79 Å². The third-order valence-corrected chi connectivity index (χ3v) is 6.24. The summed E-state index contributed by atoms with van der Waals surface area (Å²) < 4.78 is 6.03. The molecule has 32 heavy (non-hydrogen) atoms. The molecule has 2 aromatic heterocycles. The number of likely N-dealkylation sites (tertiary alicyclic amines) is 1. The van der Waals surface area contributed by atoms with Crippen LogP contribution in [0.4, 0.5) is 0 Å². The number of carboxylic acids is 1. The van der Waals surface area contributed by atoms with Crippen molar-refractivity contribution >= 4 is 23.6 Å². The Kier molecular flexibility index (Phi) is 6.40. The van der Waals surface area contributed by atoms with E-state index in [1.54, 1.807) is 47.8 Å². The first-order valence-corrected chi connectivity index (χ1v) is 11.4. The minimum absolute atomic E-state index is 0.00502. The highest BCUT2D eigenvalue weighted by Crippen LogP contribution is 2.30. The van der Waals surface area contributed by atoms with Crippen LogP contribution in [-0.4, -0.2) is 66.8 Å². The topological polar surface area (TPSA) is 110 Å². The number of nitrogens with zero attached hydrogens (tertiary/aromatic N) is 5. The fourth-order valence-electron chi connectivity index (χ4n) is 3.82. The van der Waals surface area contributed by atoms with Crippen LogP contribution in [0.15, 0.2) is 53.8 Å². The second-order valence-corrected chi connectivity index (χ2v) is 8.31. The smallest absolute Gasteiger partial charge is 0.342 e. The van der Waals surface area contributed by atoms with Crippen LogP contribution in [0.25, 0.3) is 5.69 Å². The largest absolute Gasteiger partial charge is 0.477 e. The molecular weight excluding hydrogens is 430 g/mol. The third kappa shape index (κ3) is 4.31. The van der Waals surface area contributed by atoms with Crippen molar-refractivity contribution < 1.29 is 19.4 Å². The molecule has 1 aliphatic rings. The highest BCUT2D eigenvalue weighted by Gasteiger charge is 2.33. The van der Waals surface area contributed by atoms with E-state index in [-0.39, 0.29) is 29.5 Å². The number of para-hydroxylation sites is 1.